The third-order valence-corrected chi connectivity index (χ3v) is 1.00. The Balaban J connectivity index is 0. The van der Waals surface area contributed by atoms with Crippen LogP contribution in [0, 0.1) is 0 Å². The van der Waals surface area contributed by atoms with E-state index in [-0.39, 0.29) is 18.9 Å². The van der Waals surface area contributed by atoms with E-state index < -0.39 is 0 Å². The summed E-state index contributed by atoms with van der Waals surface area (Å²) < 4.78 is 0. The Bertz CT molecular complexity index is 20.0. The van der Waals surface area contributed by atoms with E-state index in [0.717, 1.165) is 5.88 Å². The number of halogens is 1. The molecule has 0 aromatic carbocycles. The molecule has 2 heteroatoms. The van der Waals surface area contributed by atoms with Gasteiger partial charge in [-0.05, 0) is 6.42 Å². The second kappa shape index (κ2) is 9.99. The van der Waals surface area contributed by atoms with Gasteiger partial charge in [0.25, 0.3) is 0 Å². The quantitative estimate of drug-likeness (QED) is 0.298. The van der Waals surface area contributed by atoms with Crippen molar-refractivity contribution in [2.45, 2.75) is 26.2 Å². The van der Waals surface area contributed by atoms with Crippen LogP contribution in [-0.4, -0.2) is 24.7 Å². The number of alkyl halides is 1. The zero-order valence-corrected chi connectivity index (χ0v) is 4.96. The van der Waals surface area contributed by atoms with E-state index in [1.165, 1.54) is 19.3 Å². The molecule has 0 aromatic rings. The van der Waals surface area contributed by atoms with Crippen molar-refractivity contribution in [1.29, 1.82) is 0 Å². The first-order valence-corrected chi connectivity index (χ1v) is 3.01. The molecule has 7 heavy (non-hydrogen) atoms. The predicted molar refractivity (Wildman–Crippen MR) is 37.4 cm³/mol. The maximum absolute atomic E-state index is 5.38. The predicted octanol–water partition coefficient (Wildman–Crippen LogP) is 1.77. The Labute approximate surface area is 62.8 Å². The molecule has 0 spiro atoms. The number of rotatable bonds is 3. The van der Waals surface area contributed by atoms with Gasteiger partial charge in [-0.1, -0.05) is 19.8 Å². The average Bonchev–Trinajstić information content (AvgIpc) is 1.61. The minimum atomic E-state index is 0. The van der Waals surface area contributed by atoms with Crippen LogP contribution in [0.15, 0.2) is 0 Å². The van der Waals surface area contributed by atoms with Crippen LogP contribution in [0.2, 0.25) is 0 Å². The molecule has 0 atom stereocenters. The fraction of sp³-hybridized carbons (Fsp3) is 1.00. The minimum absolute atomic E-state index is 0. The number of hydrogen-bond donors (Lipinski definition) is 0. The summed E-state index contributed by atoms with van der Waals surface area (Å²) in [4.78, 5) is 0. The van der Waals surface area contributed by atoms with Gasteiger partial charge in [0, 0.05) is 5.88 Å². The van der Waals surface area contributed by atoms with Crippen molar-refractivity contribution in [3.63, 3.8) is 0 Å². The number of unbranched alkanes of at least 4 members (excludes halogenated alkanes) is 2. The summed E-state index contributed by atoms with van der Waals surface area (Å²) in [5, 5.41) is 0. The van der Waals surface area contributed by atoms with E-state index in [1.807, 2.05) is 0 Å². The van der Waals surface area contributed by atoms with Gasteiger partial charge in [-0.15, -0.1) is 11.6 Å². The van der Waals surface area contributed by atoms with Crippen molar-refractivity contribution in [2.24, 2.45) is 0 Å². The van der Waals surface area contributed by atoms with Gasteiger partial charge in [-0.2, -0.15) is 0 Å². The van der Waals surface area contributed by atoms with Gasteiger partial charge in [-0.3, -0.25) is 0 Å². The van der Waals surface area contributed by atoms with Crippen LogP contribution >= 0.6 is 11.6 Å². The second-order valence-electron chi connectivity index (χ2n) is 1.40. The van der Waals surface area contributed by atoms with Crippen molar-refractivity contribution < 1.29 is 0 Å². The first-order chi connectivity index (χ1) is 2.91. The third-order valence-electron chi connectivity index (χ3n) is 0.737. The van der Waals surface area contributed by atoms with Crippen LogP contribution in [0.4, 0.5) is 0 Å². The molecule has 0 N–H and O–H groups in total. The second-order valence-corrected chi connectivity index (χ2v) is 1.77. The molecule has 0 radical (unpaired) electrons. The maximum atomic E-state index is 5.38. The summed E-state index contributed by atoms with van der Waals surface area (Å²) in [7, 11) is 0. The molecule has 0 aliphatic heterocycles. The molecule has 0 heterocycles. The molecule has 0 fully saturated rings. The van der Waals surface area contributed by atoms with Crippen molar-refractivity contribution in [3.8, 4) is 0 Å². The Hall–Kier alpha value is 0.887. The molecular formula is C5H12ClLi. The first-order valence-electron chi connectivity index (χ1n) is 2.47. The van der Waals surface area contributed by atoms with Gasteiger partial charge in [0.05, 0.1) is 0 Å². The Morgan fingerprint density at radius 2 is 1.86 bits per heavy atom. The normalized spacial score (nSPS) is 7.71. The van der Waals surface area contributed by atoms with Gasteiger partial charge < -0.3 is 0 Å². The van der Waals surface area contributed by atoms with Crippen LogP contribution in [-0.2, 0) is 0 Å². The zero-order chi connectivity index (χ0) is 4.83. The van der Waals surface area contributed by atoms with Gasteiger partial charge in [0.2, 0.25) is 0 Å². The van der Waals surface area contributed by atoms with Crippen molar-refractivity contribution >= 4 is 30.5 Å². The Kier molecular flexibility index (Phi) is 15.4. The van der Waals surface area contributed by atoms with Crippen LogP contribution in [0.5, 0.6) is 0 Å². The van der Waals surface area contributed by atoms with E-state index in [0.29, 0.717) is 0 Å². The monoisotopic (exact) mass is 114 g/mol. The van der Waals surface area contributed by atoms with E-state index in [4.69, 9.17) is 11.6 Å². The molecule has 0 amide bonds. The molecule has 0 unspecified atom stereocenters. The van der Waals surface area contributed by atoms with Crippen molar-refractivity contribution in [1.82, 2.24) is 0 Å². The summed E-state index contributed by atoms with van der Waals surface area (Å²) in [6, 6.07) is 0. The molecule has 0 saturated carbocycles. The Morgan fingerprint density at radius 3 is 2.00 bits per heavy atom. The fourth-order valence-electron chi connectivity index (χ4n) is 0.344. The summed E-state index contributed by atoms with van der Waals surface area (Å²) >= 11 is 5.38. The van der Waals surface area contributed by atoms with Gasteiger partial charge in [0.1, 0.15) is 0 Å². The molecule has 0 aliphatic rings. The molecule has 0 bridgehead atoms. The first kappa shape index (κ1) is 10.8. The Morgan fingerprint density at radius 1 is 1.29 bits per heavy atom. The van der Waals surface area contributed by atoms with Gasteiger partial charge in [-0.25, -0.2) is 0 Å². The van der Waals surface area contributed by atoms with Gasteiger partial charge >= 0.3 is 18.9 Å². The van der Waals surface area contributed by atoms with E-state index in [1.54, 1.807) is 0 Å². The van der Waals surface area contributed by atoms with Crippen LogP contribution in [0.3, 0.4) is 0 Å². The topological polar surface area (TPSA) is 0 Å². The molecule has 0 rings (SSSR count). The van der Waals surface area contributed by atoms with Crippen molar-refractivity contribution in [2.75, 3.05) is 5.88 Å². The van der Waals surface area contributed by atoms with Crippen molar-refractivity contribution in [3.05, 3.63) is 0 Å². The standard InChI is InChI=1S/C5H11Cl.Li.H/c1-2-3-4-5-6;;/h2-5H2,1H3;;. The summed E-state index contributed by atoms with van der Waals surface area (Å²) in [6.07, 6.45) is 3.73. The third kappa shape index (κ3) is 10.9. The van der Waals surface area contributed by atoms with Gasteiger partial charge in [0.15, 0.2) is 0 Å². The van der Waals surface area contributed by atoms with E-state index >= 15 is 0 Å². The molecule has 0 aromatic heterocycles. The summed E-state index contributed by atoms with van der Waals surface area (Å²) in [5.41, 5.74) is 0. The van der Waals surface area contributed by atoms with Crippen LogP contribution < -0.4 is 0 Å². The van der Waals surface area contributed by atoms with Crippen LogP contribution in [0.1, 0.15) is 26.2 Å². The average molecular weight is 115 g/mol. The number of hydrogen-bond acceptors (Lipinski definition) is 0. The summed E-state index contributed by atoms with van der Waals surface area (Å²) in [6.45, 7) is 2.17. The molecule has 0 aliphatic carbocycles. The zero-order valence-electron chi connectivity index (χ0n) is 4.21. The van der Waals surface area contributed by atoms with E-state index in [2.05, 4.69) is 6.92 Å². The SMILES string of the molecule is CCCCCCl.[LiH]. The molecule has 40 valence electrons. The fourth-order valence-corrected chi connectivity index (χ4v) is 0.533. The molecule has 0 saturated heterocycles. The summed E-state index contributed by atoms with van der Waals surface area (Å²) in [5.74, 6) is 0.827. The van der Waals surface area contributed by atoms with Crippen LogP contribution in [0.25, 0.3) is 0 Å². The van der Waals surface area contributed by atoms with E-state index in [9.17, 15) is 0 Å². The molecule has 0 nitrogen and oxygen atoms in total. The molecular weight excluding hydrogens is 102 g/mol.